The number of methoxy groups -OCH3 is 1. The number of fused-ring (bicyclic) bond motifs is 3. The van der Waals surface area contributed by atoms with E-state index in [1.54, 1.807) is 11.1 Å². The van der Waals surface area contributed by atoms with Crippen molar-refractivity contribution in [1.82, 2.24) is 5.32 Å². The Balaban J connectivity index is 1.57. The van der Waals surface area contributed by atoms with Gasteiger partial charge in [0.1, 0.15) is 5.75 Å². The molecule has 2 heteroatoms. The molecule has 1 N–H and O–H groups in total. The van der Waals surface area contributed by atoms with Gasteiger partial charge in [-0.15, -0.1) is 0 Å². The highest BCUT2D eigenvalue weighted by Gasteiger charge is 2.35. The van der Waals surface area contributed by atoms with E-state index in [-0.39, 0.29) is 0 Å². The lowest BCUT2D eigenvalue weighted by Gasteiger charge is -2.31. The second-order valence-corrected chi connectivity index (χ2v) is 7.22. The molecule has 0 spiro atoms. The fraction of sp³-hybridized carbons (Fsp3) is 0.455. The van der Waals surface area contributed by atoms with Crippen LogP contribution in [-0.4, -0.2) is 20.2 Å². The summed E-state index contributed by atoms with van der Waals surface area (Å²) < 4.78 is 5.67. The summed E-state index contributed by atoms with van der Waals surface area (Å²) in [6, 6.07) is 15.4. The first-order valence-corrected chi connectivity index (χ1v) is 9.30. The van der Waals surface area contributed by atoms with Crippen molar-refractivity contribution in [3.8, 4) is 5.75 Å². The first kappa shape index (κ1) is 15.7. The lowest BCUT2D eigenvalue weighted by molar-refractivity contribution is 0.390. The van der Waals surface area contributed by atoms with Crippen LogP contribution in [0.1, 0.15) is 41.0 Å². The highest BCUT2D eigenvalue weighted by atomic mass is 16.5. The van der Waals surface area contributed by atoms with Crippen molar-refractivity contribution in [3.05, 3.63) is 64.7 Å². The molecule has 24 heavy (non-hydrogen) atoms. The minimum Gasteiger partial charge on any atom is -0.496 e. The Morgan fingerprint density at radius 2 is 1.92 bits per heavy atom. The zero-order chi connectivity index (χ0) is 16.4. The van der Waals surface area contributed by atoms with Crippen molar-refractivity contribution in [2.45, 2.75) is 38.0 Å². The van der Waals surface area contributed by atoms with E-state index in [4.69, 9.17) is 4.74 Å². The highest BCUT2D eigenvalue weighted by molar-refractivity contribution is 5.49. The van der Waals surface area contributed by atoms with Gasteiger partial charge < -0.3 is 10.1 Å². The zero-order valence-electron chi connectivity index (χ0n) is 14.6. The van der Waals surface area contributed by atoms with Crippen molar-refractivity contribution in [3.63, 3.8) is 0 Å². The molecule has 2 aliphatic rings. The molecule has 2 atom stereocenters. The van der Waals surface area contributed by atoms with Crippen LogP contribution >= 0.6 is 0 Å². The summed E-state index contributed by atoms with van der Waals surface area (Å²) in [5.41, 5.74) is 6.10. The molecule has 0 aromatic heterocycles. The van der Waals surface area contributed by atoms with Crippen LogP contribution in [0.4, 0.5) is 0 Å². The molecule has 0 radical (unpaired) electrons. The average molecular weight is 321 g/mol. The van der Waals surface area contributed by atoms with E-state index in [9.17, 15) is 0 Å². The summed E-state index contributed by atoms with van der Waals surface area (Å²) in [5, 5.41) is 3.61. The van der Waals surface area contributed by atoms with Crippen LogP contribution in [-0.2, 0) is 19.3 Å². The van der Waals surface area contributed by atoms with Crippen molar-refractivity contribution < 1.29 is 4.74 Å². The molecule has 4 rings (SSSR count). The van der Waals surface area contributed by atoms with E-state index in [1.165, 1.54) is 43.4 Å². The van der Waals surface area contributed by atoms with Gasteiger partial charge in [0.05, 0.1) is 7.11 Å². The monoisotopic (exact) mass is 321 g/mol. The molecule has 126 valence electrons. The number of benzene rings is 2. The third-order valence-electron chi connectivity index (χ3n) is 5.85. The number of nitrogens with one attached hydrogen (secondary N) is 1. The van der Waals surface area contributed by atoms with Gasteiger partial charge in [0.15, 0.2) is 0 Å². The molecule has 0 amide bonds. The molecule has 1 aliphatic carbocycles. The van der Waals surface area contributed by atoms with Crippen molar-refractivity contribution >= 4 is 0 Å². The van der Waals surface area contributed by atoms with Crippen LogP contribution in [0.25, 0.3) is 0 Å². The maximum absolute atomic E-state index is 5.67. The lowest BCUT2D eigenvalue weighted by Crippen LogP contribution is -2.21. The summed E-state index contributed by atoms with van der Waals surface area (Å²) in [5.74, 6) is 2.61. The van der Waals surface area contributed by atoms with Gasteiger partial charge in [-0.05, 0) is 72.9 Å². The van der Waals surface area contributed by atoms with E-state index in [0.29, 0.717) is 5.92 Å². The van der Waals surface area contributed by atoms with E-state index in [1.807, 2.05) is 7.11 Å². The summed E-state index contributed by atoms with van der Waals surface area (Å²) in [6.45, 7) is 2.32. The molecule has 1 heterocycles. The topological polar surface area (TPSA) is 21.3 Å². The molecule has 0 bridgehead atoms. The Hall–Kier alpha value is -1.80. The number of rotatable bonds is 5. The predicted octanol–water partition coefficient (Wildman–Crippen LogP) is 4.12. The number of aryl methyl sites for hydroxylation is 2. The fourth-order valence-corrected chi connectivity index (χ4v) is 4.65. The predicted molar refractivity (Wildman–Crippen MR) is 98.9 cm³/mol. The second-order valence-electron chi connectivity index (χ2n) is 7.22. The number of hydrogen-bond acceptors (Lipinski definition) is 2. The minimum absolute atomic E-state index is 0.690. The number of ether oxygens (including phenoxy) is 1. The van der Waals surface area contributed by atoms with Crippen LogP contribution in [0.5, 0.6) is 5.75 Å². The Morgan fingerprint density at radius 3 is 2.75 bits per heavy atom. The van der Waals surface area contributed by atoms with Gasteiger partial charge in [0.2, 0.25) is 0 Å². The molecular weight excluding hydrogens is 294 g/mol. The third kappa shape index (κ3) is 2.95. The summed E-state index contributed by atoms with van der Waals surface area (Å²) in [6.07, 6.45) is 6.02. The summed E-state index contributed by atoms with van der Waals surface area (Å²) in [7, 11) is 1.81. The van der Waals surface area contributed by atoms with Gasteiger partial charge in [0.25, 0.3) is 0 Å². The molecule has 1 aliphatic heterocycles. The SMILES string of the molecule is COc1ccc(CCCc2ccccc2)c2c1CC[C@H]1CNC[C@@H]21. The van der Waals surface area contributed by atoms with Crippen LogP contribution in [0.15, 0.2) is 42.5 Å². The largest absolute Gasteiger partial charge is 0.496 e. The molecule has 2 aromatic rings. The normalized spacial score (nSPS) is 22.0. The Kier molecular flexibility index (Phi) is 4.57. The molecule has 1 saturated heterocycles. The summed E-state index contributed by atoms with van der Waals surface area (Å²) in [4.78, 5) is 0. The Bertz CT molecular complexity index is 695. The molecule has 2 aromatic carbocycles. The third-order valence-corrected chi connectivity index (χ3v) is 5.85. The van der Waals surface area contributed by atoms with Gasteiger partial charge >= 0.3 is 0 Å². The first-order valence-electron chi connectivity index (χ1n) is 9.30. The Labute approximate surface area is 145 Å². The maximum Gasteiger partial charge on any atom is 0.122 e. The first-order chi connectivity index (χ1) is 11.9. The minimum atomic E-state index is 0.690. The molecular formula is C22H27NO. The smallest absolute Gasteiger partial charge is 0.122 e. The highest BCUT2D eigenvalue weighted by Crippen LogP contribution is 2.43. The number of hydrogen-bond donors (Lipinski definition) is 1. The average Bonchev–Trinajstić information content (AvgIpc) is 3.11. The maximum atomic E-state index is 5.67. The van der Waals surface area contributed by atoms with Crippen molar-refractivity contribution in [2.75, 3.05) is 20.2 Å². The fourth-order valence-electron chi connectivity index (χ4n) is 4.65. The van der Waals surface area contributed by atoms with Crippen molar-refractivity contribution in [1.29, 1.82) is 0 Å². The van der Waals surface area contributed by atoms with E-state index in [2.05, 4.69) is 47.8 Å². The Morgan fingerprint density at radius 1 is 1.04 bits per heavy atom. The van der Waals surface area contributed by atoms with Gasteiger partial charge in [-0.25, -0.2) is 0 Å². The standard InChI is InChI=1S/C22H27NO/c1-24-21-13-11-17(9-5-8-16-6-3-2-4-7-16)22-19(21)12-10-18-14-23-15-20(18)22/h2-4,6-7,11,13,18,20,23H,5,8-10,12,14-15H2,1H3/t18-,20+/m0/s1. The van der Waals surface area contributed by atoms with Gasteiger partial charge in [-0.1, -0.05) is 36.4 Å². The van der Waals surface area contributed by atoms with E-state index >= 15 is 0 Å². The van der Waals surface area contributed by atoms with E-state index in [0.717, 1.165) is 24.6 Å². The van der Waals surface area contributed by atoms with Gasteiger partial charge in [-0.3, -0.25) is 0 Å². The van der Waals surface area contributed by atoms with Crippen LogP contribution in [0, 0.1) is 5.92 Å². The van der Waals surface area contributed by atoms with Crippen LogP contribution < -0.4 is 10.1 Å². The molecule has 2 nitrogen and oxygen atoms in total. The van der Waals surface area contributed by atoms with Gasteiger partial charge in [0, 0.05) is 12.5 Å². The molecule has 1 fully saturated rings. The van der Waals surface area contributed by atoms with Crippen molar-refractivity contribution in [2.24, 2.45) is 5.92 Å². The zero-order valence-corrected chi connectivity index (χ0v) is 14.6. The quantitative estimate of drug-likeness (QED) is 0.894. The van der Waals surface area contributed by atoms with E-state index < -0.39 is 0 Å². The second kappa shape index (κ2) is 6.98. The van der Waals surface area contributed by atoms with Crippen LogP contribution in [0.3, 0.4) is 0 Å². The lowest BCUT2D eigenvalue weighted by atomic mass is 9.74. The van der Waals surface area contributed by atoms with Crippen LogP contribution in [0.2, 0.25) is 0 Å². The van der Waals surface area contributed by atoms with Gasteiger partial charge in [-0.2, -0.15) is 0 Å². The molecule has 0 unspecified atom stereocenters. The molecule has 0 saturated carbocycles. The summed E-state index contributed by atoms with van der Waals surface area (Å²) >= 11 is 0.